The number of ether oxygens (including phenoxy) is 1. The number of hydrogen-bond acceptors (Lipinski definition) is 5. The van der Waals surface area contributed by atoms with Gasteiger partial charge in [0.2, 0.25) is 0 Å². The molecule has 170 valence electrons. The van der Waals surface area contributed by atoms with Gasteiger partial charge in [-0.05, 0) is 73.5 Å². The third-order valence-electron chi connectivity index (χ3n) is 5.49. The minimum absolute atomic E-state index is 0.105. The van der Waals surface area contributed by atoms with Gasteiger partial charge >= 0.3 is 0 Å². The Morgan fingerprint density at radius 2 is 1.76 bits per heavy atom. The molecule has 0 aliphatic heterocycles. The predicted octanol–water partition coefficient (Wildman–Crippen LogP) is 6.25. The Bertz CT molecular complexity index is 1410. The van der Waals surface area contributed by atoms with Crippen LogP contribution in [-0.2, 0) is 6.54 Å². The van der Waals surface area contributed by atoms with Gasteiger partial charge in [0.05, 0.1) is 16.8 Å². The molecule has 5 rings (SSSR count). The molecule has 0 aliphatic carbocycles. The quantitative estimate of drug-likeness (QED) is 0.283. The van der Waals surface area contributed by atoms with Gasteiger partial charge in [0, 0.05) is 24.5 Å². The van der Waals surface area contributed by atoms with Crippen LogP contribution in [-0.4, -0.2) is 27.2 Å². The molecular formula is C27H24N4O2S. The number of rotatable bonds is 7. The summed E-state index contributed by atoms with van der Waals surface area (Å²) in [7, 11) is 0. The zero-order valence-electron chi connectivity index (χ0n) is 19.0. The average Bonchev–Trinajstić information content (AvgIpc) is 3.51. The molecule has 0 aliphatic rings. The maximum absolute atomic E-state index is 13.6. The highest BCUT2D eigenvalue weighted by atomic mass is 32.1. The number of nitrogens with zero attached hydrogens (tertiary/aromatic N) is 4. The Balaban J connectivity index is 1.43. The van der Waals surface area contributed by atoms with Crippen molar-refractivity contribution in [3.8, 4) is 11.5 Å². The van der Waals surface area contributed by atoms with E-state index in [0.29, 0.717) is 29.5 Å². The van der Waals surface area contributed by atoms with Gasteiger partial charge in [-0.15, -0.1) is 0 Å². The normalized spacial score (nSPS) is 11.0. The van der Waals surface area contributed by atoms with Gasteiger partial charge in [-0.3, -0.25) is 14.4 Å². The summed E-state index contributed by atoms with van der Waals surface area (Å²) in [5.41, 5.74) is 3.81. The van der Waals surface area contributed by atoms with Gasteiger partial charge in [0.25, 0.3) is 5.91 Å². The topological polar surface area (TPSA) is 60.2 Å². The van der Waals surface area contributed by atoms with Crippen molar-refractivity contribution in [2.24, 2.45) is 0 Å². The van der Waals surface area contributed by atoms with Gasteiger partial charge in [-0.25, -0.2) is 4.98 Å². The summed E-state index contributed by atoms with van der Waals surface area (Å²) >= 11 is 1.54. The van der Waals surface area contributed by atoms with Crippen molar-refractivity contribution in [3.05, 3.63) is 102 Å². The third kappa shape index (κ3) is 4.70. The molecule has 2 heterocycles. The fraction of sp³-hybridized carbons (Fsp3) is 0.148. The number of para-hydroxylation sites is 1. The Hall–Kier alpha value is -3.97. The highest BCUT2D eigenvalue weighted by Gasteiger charge is 2.22. The lowest BCUT2D eigenvalue weighted by molar-refractivity contribution is 0.0986. The minimum atomic E-state index is -0.105. The van der Waals surface area contributed by atoms with Crippen LogP contribution in [0.15, 0.2) is 85.2 Å². The van der Waals surface area contributed by atoms with E-state index in [1.807, 2.05) is 59.4 Å². The van der Waals surface area contributed by atoms with Crippen LogP contribution in [0.4, 0.5) is 5.13 Å². The fourth-order valence-corrected chi connectivity index (χ4v) is 5.01. The zero-order chi connectivity index (χ0) is 23.5. The maximum atomic E-state index is 13.6. The van der Waals surface area contributed by atoms with E-state index in [1.54, 1.807) is 23.2 Å². The molecule has 0 unspecified atom stereocenters. The molecule has 1 amide bonds. The smallest absolute Gasteiger partial charge is 0.260 e. The number of carbonyl (C=O) groups is 1. The molecular weight excluding hydrogens is 444 g/mol. The van der Waals surface area contributed by atoms with E-state index in [9.17, 15) is 4.79 Å². The number of benzene rings is 3. The van der Waals surface area contributed by atoms with Crippen LogP contribution in [0.5, 0.6) is 11.5 Å². The molecule has 0 spiro atoms. The van der Waals surface area contributed by atoms with Gasteiger partial charge in [0.1, 0.15) is 11.5 Å². The van der Waals surface area contributed by atoms with Crippen molar-refractivity contribution >= 4 is 32.6 Å². The molecule has 34 heavy (non-hydrogen) atoms. The van der Waals surface area contributed by atoms with Crippen LogP contribution in [0.2, 0.25) is 0 Å². The fourth-order valence-electron chi connectivity index (χ4n) is 3.84. The summed E-state index contributed by atoms with van der Waals surface area (Å²) in [5.74, 6) is 1.33. The van der Waals surface area contributed by atoms with E-state index >= 15 is 0 Å². The number of thiazole rings is 1. The van der Waals surface area contributed by atoms with Crippen LogP contribution < -0.4 is 9.64 Å². The molecule has 7 heteroatoms. The van der Waals surface area contributed by atoms with Crippen LogP contribution >= 0.6 is 11.3 Å². The summed E-state index contributed by atoms with van der Waals surface area (Å²) in [6, 6.07) is 22.9. The lowest BCUT2D eigenvalue weighted by atomic mass is 10.1. The second kappa shape index (κ2) is 9.49. The van der Waals surface area contributed by atoms with Gasteiger partial charge in [-0.1, -0.05) is 35.6 Å². The highest BCUT2D eigenvalue weighted by Crippen LogP contribution is 2.32. The summed E-state index contributed by atoms with van der Waals surface area (Å²) in [5, 5.41) is 4.96. The van der Waals surface area contributed by atoms with Crippen molar-refractivity contribution in [2.45, 2.75) is 20.4 Å². The second-order valence-corrected chi connectivity index (χ2v) is 9.10. The molecule has 0 atom stereocenters. The van der Waals surface area contributed by atoms with E-state index < -0.39 is 0 Å². The average molecular weight is 469 g/mol. The Kier molecular flexibility index (Phi) is 6.10. The molecule has 3 aromatic carbocycles. The maximum Gasteiger partial charge on any atom is 0.260 e. The van der Waals surface area contributed by atoms with E-state index in [0.717, 1.165) is 21.5 Å². The number of carbonyl (C=O) groups excluding carboxylic acids is 1. The van der Waals surface area contributed by atoms with Crippen molar-refractivity contribution in [1.29, 1.82) is 0 Å². The Morgan fingerprint density at radius 1 is 1.00 bits per heavy atom. The minimum Gasteiger partial charge on any atom is -0.457 e. The molecule has 0 saturated carbocycles. The van der Waals surface area contributed by atoms with E-state index in [4.69, 9.17) is 9.72 Å². The third-order valence-corrected chi connectivity index (χ3v) is 6.51. The van der Waals surface area contributed by atoms with Crippen molar-refractivity contribution in [3.63, 3.8) is 0 Å². The first kappa shape index (κ1) is 21.9. The number of aromatic nitrogens is 3. The molecule has 2 aromatic heterocycles. The summed E-state index contributed by atoms with van der Waals surface area (Å²) < 4.78 is 8.77. The first-order chi connectivity index (χ1) is 16.6. The SMILES string of the molecule is Cc1cc(C)c2nc(N(CCn3cccn3)C(=O)c3ccc(Oc4ccccc4)cc3)sc2c1. The Morgan fingerprint density at radius 3 is 2.50 bits per heavy atom. The first-order valence-corrected chi connectivity index (χ1v) is 11.9. The predicted molar refractivity (Wildman–Crippen MR) is 136 cm³/mol. The number of fused-ring (bicyclic) bond motifs is 1. The van der Waals surface area contributed by atoms with Gasteiger partial charge in [-0.2, -0.15) is 5.10 Å². The van der Waals surface area contributed by atoms with Gasteiger partial charge < -0.3 is 4.74 Å². The number of amides is 1. The molecule has 0 radical (unpaired) electrons. The van der Waals surface area contributed by atoms with E-state index in [-0.39, 0.29) is 5.91 Å². The van der Waals surface area contributed by atoms with Crippen LogP contribution in [0.25, 0.3) is 10.2 Å². The summed E-state index contributed by atoms with van der Waals surface area (Å²) in [6.45, 7) is 5.16. The Labute approximate surface area is 202 Å². The van der Waals surface area contributed by atoms with Crippen LogP contribution in [0.1, 0.15) is 21.5 Å². The number of hydrogen-bond donors (Lipinski definition) is 0. The largest absolute Gasteiger partial charge is 0.457 e. The monoisotopic (exact) mass is 468 g/mol. The summed E-state index contributed by atoms with van der Waals surface area (Å²) in [4.78, 5) is 20.2. The lowest BCUT2D eigenvalue weighted by Crippen LogP contribution is -2.34. The number of anilines is 1. The molecule has 0 fully saturated rings. The lowest BCUT2D eigenvalue weighted by Gasteiger charge is -2.20. The molecule has 0 saturated heterocycles. The van der Waals surface area contributed by atoms with Crippen molar-refractivity contribution in [2.75, 3.05) is 11.4 Å². The molecule has 0 N–H and O–H groups in total. The van der Waals surface area contributed by atoms with E-state index in [2.05, 4.69) is 31.1 Å². The van der Waals surface area contributed by atoms with Crippen LogP contribution in [0, 0.1) is 13.8 Å². The van der Waals surface area contributed by atoms with Gasteiger partial charge in [0.15, 0.2) is 5.13 Å². The zero-order valence-corrected chi connectivity index (χ0v) is 19.8. The molecule has 0 bridgehead atoms. The molecule has 6 nitrogen and oxygen atoms in total. The summed E-state index contributed by atoms with van der Waals surface area (Å²) in [6.07, 6.45) is 3.63. The van der Waals surface area contributed by atoms with Crippen LogP contribution in [0.3, 0.4) is 0 Å². The van der Waals surface area contributed by atoms with Crippen molar-refractivity contribution in [1.82, 2.24) is 14.8 Å². The number of aryl methyl sites for hydroxylation is 2. The highest BCUT2D eigenvalue weighted by molar-refractivity contribution is 7.22. The second-order valence-electron chi connectivity index (χ2n) is 8.09. The van der Waals surface area contributed by atoms with E-state index in [1.165, 1.54) is 16.9 Å². The standard InChI is InChI=1S/C27H24N4O2S/c1-19-17-20(2)25-24(18-19)34-27(29-25)31(16-15-30-14-6-13-28-30)26(32)21-9-11-23(12-10-21)33-22-7-4-3-5-8-22/h3-14,17-18H,15-16H2,1-2H3. The molecule has 5 aromatic rings. The first-order valence-electron chi connectivity index (χ1n) is 11.1. The van der Waals surface area contributed by atoms with Crippen molar-refractivity contribution < 1.29 is 9.53 Å².